The second-order valence-corrected chi connectivity index (χ2v) is 5.98. The van der Waals surface area contributed by atoms with Crippen LogP contribution in [0.4, 0.5) is 5.69 Å². The van der Waals surface area contributed by atoms with Gasteiger partial charge in [0.25, 0.3) is 0 Å². The van der Waals surface area contributed by atoms with E-state index in [0.29, 0.717) is 19.8 Å². The van der Waals surface area contributed by atoms with Gasteiger partial charge in [-0.3, -0.25) is 9.59 Å². The van der Waals surface area contributed by atoms with E-state index in [2.05, 4.69) is 11.4 Å². The van der Waals surface area contributed by atoms with Crippen LogP contribution in [0.15, 0.2) is 30.3 Å². The number of carbonyl (C=O) groups is 2. The van der Waals surface area contributed by atoms with E-state index in [0.717, 1.165) is 12.1 Å². The molecule has 6 nitrogen and oxygen atoms in total. The molecule has 3 rings (SSSR count). The molecule has 2 aliphatic rings. The summed E-state index contributed by atoms with van der Waals surface area (Å²) in [5.41, 5.74) is 0.800. The van der Waals surface area contributed by atoms with Crippen LogP contribution < -0.4 is 10.2 Å². The van der Waals surface area contributed by atoms with Gasteiger partial charge >= 0.3 is 0 Å². The van der Waals surface area contributed by atoms with Crippen molar-refractivity contribution in [1.29, 1.82) is 5.26 Å². The number of amides is 2. The number of benzene rings is 1. The summed E-state index contributed by atoms with van der Waals surface area (Å²) in [6.07, 6.45) is 0.957. The Hall–Kier alpha value is -2.39. The van der Waals surface area contributed by atoms with Gasteiger partial charge < -0.3 is 15.0 Å². The van der Waals surface area contributed by atoms with Gasteiger partial charge in [-0.2, -0.15) is 5.26 Å². The highest BCUT2D eigenvalue weighted by atomic mass is 16.5. The fourth-order valence-electron chi connectivity index (χ4n) is 3.08. The van der Waals surface area contributed by atoms with E-state index in [1.165, 1.54) is 0 Å². The summed E-state index contributed by atoms with van der Waals surface area (Å²) >= 11 is 0. The van der Waals surface area contributed by atoms with Gasteiger partial charge in [0.2, 0.25) is 11.8 Å². The van der Waals surface area contributed by atoms with E-state index in [9.17, 15) is 14.9 Å². The largest absolute Gasteiger partial charge is 0.381 e. The quantitative estimate of drug-likeness (QED) is 0.902. The van der Waals surface area contributed by atoms with Gasteiger partial charge in [-0.25, -0.2) is 0 Å². The molecule has 2 heterocycles. The van der Waals surface area contributed by atoms with Crippen LogP contribution in [0.3, 0.4) is 0 Å². The summed E-state index contributed by atoms with van der Waals surface area (Å²) in [6.45, 7) is 1.48. The number of para-hydroxylation sites is 1. The fourth-order valence-corrected chi connectivity index (χ4v) is 3.08. The first-order valence-electron chi connectivity index (χ1n) is 7.82. The lowest BCUT2D eigenvalue weighted by atomic mass is 9.99. The predicted octanol–water partition coefficient (Wildman–Crippen LogP) is 1.08. The summed E-state index contributed by atoms with van der Waals surface area (Å²) in [4.78, 5) is 26.2. The summed E-state index contributed by atoms with van der Waals surface area (Å²) < 4.78 is 5.27. The number of carbonyl (C=O) groups excluding carboxylic acids is 2. The van der Waals surface area contributed by atoms with E-state index >= 15 is 0 Å². The second-order valence-electron chi connectivity index (χ2n) is 5.98. The maximum atomic E-state index is 12.4. The zero-order valence-corrected chi connectivity index (χ0v) is 12.8. The fraction of sp³-hybridized carbons (Fsp3) is 0.471. The summed E-state index contributed by atoms with van der Waals surface area (Å²) in [5, 5.41) is 12.0. The van der Waals surface area contributed by atoms with E-state index in [1.54, 1.807) is 4.90 Å². The van der Waals surface area contributed by atoms with Gasteiger partial charge in [0.1, 0.15) is 6.04 Å². The molecule has 120 valence electrons. The number of ether oxygens (including phenoxy) is 1. The maximum absolute atomic E-state index is 12.4. The molecule has 0 aliphatic carbocycles. The monoisotopic (exact) mass is 313 g/mol. The standard InChI is InChI=1S/C17H19N3O3/c18-9-15(12-6-7-23-11-12)19-17(22)13-8-16(21)20(10-13)14-4-2-1-3-5-14/h1-5,12-13,15H,6-8,10-11H2,(H,19,22)/t12-,13+,15+/m1/s1. The van der Waals surface area contributed by atoms with Crippen LogP contribution in [0.5, 0.6) is 0 Å². The highest BCUT2D eigenvalue weighted by Crippen LogP contribution is 2.25. The summed E-state index contributed by atoms with van der Waals surface area (Å²) in [7, 11) is 0. The molecule has 3 atom stereocenters. The van der Waals surface area contributed by atoms with Gasteiger partial charge in [0, 0.05) is 31.2 Å². The third-order valence-corrected chi connectivity index (χ3v) is 4.44. The van der Waals surface area contributed by atoms with Crippen LogP contribution in [-0.4, -0.2) is 37.6 Å². The van der Waals surface area contributed by atoms with Crippen molar-refractivity contribution >= 4 is 17.5 Å². The molecule has 0 unspecified atom stereocenters. The highest BCUT2D eigenvalue weighted by molar-refractivity contribution is 6.00. The average Bonchev–Trinajstić information content (AvgIpc) is 3.23. The smallest absolute Gasteiger partial charge is 0.227 e. The Kier molecular flexibility index (Phi) is 4.58. The third-order valence-electron chi connectivity index (χ3n) is 4.44. The Labute approximate surface area is 135 Å². The Bertz CT molecular complexity index is 620. The van der Waals surface area contributed by atoms with E-state index in [4.69, 9.17) is 4.74 Å². The normalized spacial score (nSPS) is 25.2. The Morgan fingerprint density at radius 2 is 2.17 bits per heavy atom. The number of hydrogen-bond acceptors (Lipinski definition) is 4. The van der Waals surface area contributed by atoms with Crippen molar-refractivity contribution in [3.05, 3.63) is 30.3 Å². The minimum Gasteiger partial charge on any atom is -0.381 e. The van der Waals surface area contributed by atoms with Crippen molar-refractivity contribution in [3.63, 3.8) is 0 Å². The molecule has 6 heteroatoms. The molecule has 1 aromatic carbocycles. The Balaban J connectivity index is 1.62. The number of rotatable bonds is 4. The van der Waals surface area contributed by atoms with E-state index < -0.39 is 12.0 Å². The van der Waals surface area contributed by atoms with Gasteiger partial charge in [0.05, 0.1) is 18.6 Å². The van der Waals surface area contributed by atoms with Gasteiger partial charge in [-0.05, 0) is 18.6 Å². The lowest BCUT2D eigenvalue weighted by Crippen LogP contribution is -2.43. The molecule has 1 N–H and O–H groups in total. The highest BCUT2D eigenvalue weighted by Gasteiger charge is 2.37. The minimum atomic E-state index is -0.550. The van der Waals surface area contributed by atoms with Crippen molar-refractivity contribution < 1.29 is 14.3 Å². The number of hydrogen-bond donors (Lipinski definition) is 1. The molecule has 23 heavy (non-hydrogen) atoms. The van der Waals surface area contributed by atoms with Crippen molar-refractivity contribution in [2.75, 3.05) is 24.7 Å². The molecule has 2 saturated heterocycles. The molecule has 2 aliphatic heterocycles. The summed E-state index contributed by atoms with van der Waals surface area (Å²) in [6, 6.07) is 10.9. The van der Waals surface area contributed by atoms with Crippen LogP contribution in [0.2, 0.25) is 0 Å². The van der Waals surface area contributed by atoms with Gasteiger partial charge in [-0.1, -0.05) is 18.2 Å². The molecule has 0 bridgehead atoms. The summed E-state index contributed by atoms with van der Waals surface area (Å²) in [5.74, 6) is -0.670. The number of nitriles is 1. The van der Waals surface area contributed by atoms with Crippen LogP contribution in [0.1, 0.15) is 12.8 Å². The molecule has 0 aromatic heterocycles. The first-order valence-corrected chi connectivity index (χ1v) is 7.82. The first-order chi connectivity index (χ1) is 11.2. The molecular weight excluding hydrogens is 294 g/mol. The molecule has 0 saturated carbocycles. The number of nitrogens with zero attached hydrogens (tertiary/aromatic N) is 2. The number of nitrogens with one attached hydrogen (secondary N) is 1. The first kappa shape index (κ1) is 15.5. The van der Waals surface area contributed by atoms with Crippen LogP contribution in [0, 0.1) is 23.2 Å². The minimum absolute atomic E-state index is 0.0336. The molecule has 2 amide bonds. The topological polar surface area (TPSA) is 82.4 Å². The molecule has 0 spiro atoms. The van der Waals surface area contributed by atoms with Gasteiger partial charge in [0.15, 0.2) is 0 Å². The SMILES string of the molecule is N#C[C@H](NC(=O)[C@H]1CC(=O)N(c2ccccc2)C1)[C@@H]1CCOC1. The zero-order valence-electron chi connectivity index (χ0n) is 12.8. The molecule has 1 aromatic rings. The molecule has 0 radical (unpaired) electrons. The maximum Gasteiger partial charge on any atom is 0.227 e. The lowest BCUT2D eigenvalue weighted by Gasteiger charge is -2.19. The van der Waals surface area contributed by atoms with Crippen LogP contribution in [0.25, 0.3) is 0 Å². The lowest BCUT2D eigenvalue weighted by molar-refractivity contribution is -0.126. The molecule has 2 fully saturated rings. The average molecular weight is 313 g/mol. The second kappa shape index (κ2) is 6.80. The van der Waals surface area contributed by atoms with Crippen LogP contribution >= 0.6 is 0 Å². The van der Waals surface area contributed by atoms with Crippen molar-refractivity contribution in [2.24, 2.45) is 11.8 Å². The van der Waals surface area contributed by atoms with Crippen molar-refractivity contribution in [3.8, 4) is 6.07 Å². The Morgan fingerprint density at radius 1 is 1.39 bits per heavy atom. The predicted molar refractivity (Wildman–Crippen MR) is 83.4 cm³/mol. The van der Waals surface area contributed by atoms with Gasteiger partial charge in [-0.15, -0.1) is 0 Å². The third kappa shape index (κ3) is 3.35. The van der Waals surface area contributed by atoms with E-state index in [-0.39, 0.29) is 24.2 Å². The van der Waals surface area contributed by atoms with Crippen molar-refractivity contribution in [1.82, 2.24) is 5.32 Å². The number of anilines is 1. The molecular formula is C17H19N3O3. The van der Waals surface area contributed by atoms with Crippen LogP contribution in [-0.2, 0) is 14.3 Å². The van der Waals surface area contributed by atoms with E-state index in [1.807, 2.05) is 30.3 Å². The Morgan fingerprint density at radius 3 is 2.83 bits per heavy atom. The van der Waals surface area contributed by atoms with Crippen molar-refractivity contribution in [2.45, 2.75) is 18.9 Å². The zero-order chi connectivity index (χ0) is 16.2.